The minimum atomic E-state index is 0.902. The van der Waals surface area contributed by atoms with Crippen LogP contribution in [0.15, 0.2) is 18.6 Å². The SMILES string of the molecule is c1nc(N2CC3CCCC3C2)c2cc[nH]c2n1. The van der Waals surface area contributed by atoms with E-state index >= 15 is 0 Å². The van der Waals surface area contributed by atoms with Crippen LogP contribution >= 0.6 is 0 Å². The minimum absolute atomic E-state index is 0.902. The lowest BCUT2D eigenvalue weighted by atomic mass is 10.0. The number of nitrogens with one attached hydrogen (secondary N) is 1. The van der Waals surface area contributed by atoms with E-state index in [9.17, 15) is 0 Å². The van der Waals surface area contributed by atoms with Crippen LogP contribution in [-0.2, 0) is 0 Å². The van der Waals surface area contributed by atoms with E-state index in [1.807, 2.05) is 6.20 Å². The largest absolute Gasteiger partial charge is 0.355 e. The van der Waals surface area contributed by atoms with Gasteiger partial charge in [0.1, 0.15) is 17.8 Å². The summed E-state index contributed by atoms with van der Waals surface area (Å²) >= 11 is 0. The Bertz CT molecular complexity index is 535. The fourth-order valence-electron chi connectivity index (χ4n) is 3.52. The molecule has 4 rings (SSSR count). The van der Waals surface area contributed by atoms with Crippen LogP contribution in [0.4, 0.5) is 5.82 Å². The van der Waals surface area contributed by atoms with Gasteiger partial charge in [0.2, 0.25) is 0 Å². The molecule has 1 saturated heterocycles. The molecule has 0 radical (unpaired) electrons. The molecule has 17 heavy (non-hydrogen) atoms. The van der Waals surface area contributed by atoms with Crippen molar-refractivity contribution in [2.75, 3.05) is 18.0 Å². The van der Waals surface area contributed by atoms with Gasteiger partial charge in [0.25, 0.3) is 0 Å². The lowest BCUT2D eigenvalue weighted by Gasteiger charge is -2.18. The molecule has 3 heterocycles. The van der Waals surface area contributed by atoms with Gasteiger partial charge in [-0.3, -0.25) is 0 Å². The maximum Gasteiger partial charge on any atom is 0.142 e. The molecule has 1 aliphatic heterocycles. The van der Waals surface area contributed by atoms with Gasteiger partial charge in [-0.15, -0.1) is 0 Å². The van der Waals surface area contributed by atoms with Crippen LogP contribution in [0.1, 0.15) is 19.3 Å². The number of hydrogen-bond acceptors (Lipinski definition) is 3. The highest BCUT2D eigenvalue weighted by Gasteiger charge is 2.36. The summed E-state index contributed by atoms with van der Waals surface area (Å²) in [5.74, 6) is 2.92. The van der Waals surface area contributed by atoms with Crippen LogP contribution in [0.5, 0.6) is 0 Å². The molecule has 0 spiro atoms. The Hall–Kier alpha value is -1.58. The first-order valence-electron chi connectivity index (χ1n) is 6.45. The first kappa shape index (κ1) is 9.45. The third-order valence-corrected chi connectivity index (χ3v) is 4.36. The third kappa shape index (κ3) is 1.36. The molecule has 2 fully saturated rings. The average Bonchev–Trinajstić information content (AvgIpc) is 3.02. The van der Waals surface area contributed by atoms with Gasteiger partial charge in [0.15, 0.2) is 0 Å². The number of fused-ring (bicyclic) bond motifs is 2. The smallest absolute Gasteiger partial charge is 0.142 e. The summed E-state index contributed by atoms with van der Waals surface area (Å²) in [6.07, 6.45) is 7.85. The fraction of sp³-hybridized carbons (Fsp3) is 0.538. The van der Waals surface area contributed by atoms with Crippen LogP contribution < -0.4 is 4.90 Å². The zero-order valence-electron chi connectivity index (χ0n) is 9.76. The molecule has 1 saturated carbocycles. The van der Waals surface area contributed by atoms with Crippen LogP contribution in [0, 0.1) is 11.8 Å². The standard InChI is InChI=1S/C13H16N4/c1-2-9-6-17(7-10(9)3-1)13-11-4-5-14-12(11)15-8-16-13/h4-5,8-10H,1-3,6-7H2,(H,14,15,16). The maximum atomic E-state index is 4.48. The summed E-state index contributed by atoms with van der Waals surface area (Å²) in [4.78, 5) is 14.3. The first-order valence-corrected chi connectivity index (χ1v) is 6.45. The summed E-state index contributed by atoms with van der Waals surface area (Å²) in [5, 5.41) is 1.16. The predicted molar refractivity (Wildman–Crippen MR) is 66.9 cm³/mol. The summed E-state index contributed by atoms with van der Waals surface area (Å²) in [5.41, 5.74) is 0.951. The van der Waals surface area contributed by atoms with Crippen LogP contribution in [0.25, 0.3) is 11.0 Å². The summed E-state index contributed by atoms with van der Waals surface area (Å²) in [6.45, 7) is 2.37. The highest BCUT2D eigenvalue weighted by molar-refractivity contribution is 5.87. The Balaban J connectivity index is 1.73. The number of anilines is 1. The molecule has 1 N–H and O–H groups in total. The Kier molecular flexibility index (Phi) is 1.92. The quantitative estimate of drug-likeness (QED) is 0.813. The molecule has 4 nitrogen and oxygen atoms in total. The molecule has 1 aliphatic carbocycles. The predicted octanol–water partition coefficient (Wildman–Crippen LogP) is 2.19. The van der Waals surface area contributed by atoms with Gasteiger partial charge in [0, 0.05) is 19.3 Å². The van der Waals surface area contributed by atoms with Crippen molar-refractivity contribution in [2.24, 2.45) is 11.8 Å². The maximum absolute atomic E-state index is 4.48. The minimum Gasteiger partial charge on any atom is -0.355 e. The molecule has 2 aromatic heterocycles. The van der Waals surface area contributed by atoms with E-state index in [1.165, 1.54) is 32.4 Å². The van der Waals surface area contributed by atoms with Gasteiger partial charge in [0.05, 0.1) is 5.39 Å². The zero-order chi connectivity index (χ0) is 11.2. The second kappa shape index (κ2) is 3.45. The number of aromatic nitrogens is 3. The van der Waals surface area contributed by atoms with Crippen LogP contribution in [-0.4, -0.2) is 28.0 Å². The van der Waals surface area contributed by atoms with Crippen molar-refractivity contribution in [3.05, 3.63) is 18.6 Å². The molecule has 0 aromatic carbocycles. The molecule has 0 amide bonds. The van der Waals surface area contributed by atoms with Crippen molar-refractivity contribution in [1.82, 2.24) is 15.0 Å². The van der Waals surface area contributed by atoms with Gasteiger partial charge >= 0.3 is 0 Å². The van der Waals surface area contributed by atoms with Gasteiger partial charge in [-0.1, -0.05) is 6.42 Å². The summed E-state index contributed by atoms with van der Waals surface area (Å²) in [6, 6.07) is 2.08. The average molecular weight is 228 g/mol. The Morgan fingerprint density at radius 1 is 1.18 bits per heavy atom. The van der Waals surface area contributed by atoms with Gasteiger partial charge in [-0.2, -0.15) is 0 Å². The lowest BCUT2D eigenvalue weighted by molar-refractivity contribution is 0.494. The van der Waals surface area contributed by atoms with Crippen LogP contribution in [0.3, 0.4) is 0 Å². The van der Waals surface area contributed by atoms with Gasteiger partial charge < -0.3 is 9.88 Å². The Labute approximate surface area is 100 Å². The third-order valence-electron chi connectivity index (χ3n) is 4.36. The van der Waals surface area contributed by atoms with Crippen molar-refractivity contribution in [3.8, 4) is 0 Å². The molecule has 2 unspecified atom stereocenters. The fourth-order valence-corrected chi connectivity index (χ4v) is 3.52. The van der Waals surface area contributed by atoms with E-state index in [0.717, 1.165) is 28.7 Å². The van der Waals surface area contributed by atoms with Gasteiger partial charge in [-0.05, 0) is 30.7 Å². The number of nitrogens with zero attached hydrogens (tertiary/aromatic N) is 3. The van der Waals surface area contributed by atoms with E-state index in [2.05, 4.69) is 25.9 Å². The van der Waals surface area contributed by atoms with E-state index in [4.69, 9.17) is 0 Å². The number of rotatable bonds is 1. The zero-order valence-corrected chi connectivity index (χ0v) is 9.76. The Morgan fingerprint density at radius 2 is 2.00 bits per heavy atom. The van der Waals surface area contributed by atoms with E-state index in [0.29, 0.717) is 0 Å². The normalized spacial score (nSPS) is 27.9. The molecule has 2 aliphatic rings. The lowest BCUT2D eigenvalue weighted by Crippen LogP contribution is -2.22. The highest BCUT2D eigenvalue weighted by atomic mass is 15.2. The van der Waals surface area contributed by atoms with Crippen molar-refractivity contribution in [2.45, 2.75) is 19.3 Å². The monoisotopic (exact) mass is 228 g/mol. The van der Waals surface area contributed by atoms with E-state index in [1.54, 1.807) is 6.33 Å². The molecule has 2 atom stereocenters. The van der Waals surface area contributed by atoms with Gasteiger partial charge in [-0.25, -0.2) is 9.97 Å². The first-order chi connectivity index (χ1) is 8.42. The van der Waals surface area contributed by atoms with Crippen molar-refractivity contribution in [3.63, 3.8) is 0 Å². The molecule has 0 bridgehead atoms. The second-order valence-corrected chi connectivity index (χ2v) is 5.29. The summed E-state index contributed by atoms with van der Waals surface area (Å²) < 4.78 is 0. The number of hydrogen-bond donors (Lipinski definition) is 1. The summed E-state index contributed by atoms with van der Waals surface area (Å²) in [7, 11) is 0. The van der Waals surface area contributed by atoms with E-state index < -0.39 is 0 Å². The molecular weight excluding hydrogens is 212 g/mol. The molecule has 88 valence electrons. The van der Waals surface area contributed by atoms with Crippen LogP contribution in [0.2, 0.25) is 0 Å². The van der Waals surface area contributed by atoms with Crippen molar-refractivity contribution in [1.29, 1.82) is 0 Å². The van der Waals surface area contributed by atoms with Crippen molar-refractivity contribution < 1.29 is 0 Å². The van der Waals surface area contributed by atoms with E-state index in [-0.39, 0.29) is 0 Å². The Morgan fingerprint density at radius 3 is 2.82 bits per heavy atom. The second-order valence-electron chi connectivity index (χ2n) is 5.29. The number of aromatic amines is 1. The number of H-pyrrole nitrogens is 1. The molecule has 2 aromatic rings. The molecular formula is C13H16N4. The topological polar surface area (TPSA) is 44.8 Å². The molecule has 4 heteroatoms. The van der Waals surface area contributed by atoms with Crippen molar-refractivity contribution >= 4 is 16.9 Å². The highest BCUT2D eigenvalue weighted by Crippen LogP contribution is 2.40.